The topological polar surface area (TPSA) is 127 Å². The van der Waals surface area contributed by atoms with Crippen molar-refractivity contribution in [3.05, 3.63) is 128 Å². The number of aryl methyl sites for hydroxylation is 2. The second kappa shape index (κ2) is 14.6. The maximum absolute atomic E-state index is 12.6. The van der Waals surface area contributed by atoms with E-state index in [2.05, 4.69) is 10.6 Å². The first-order valence-electron chi connectivity index (χ1n) is 12.5. The molecular weight excluding hydrogens is 630 g/mol. The van der Waals surface area contributed by atoms with Crippen molar-refractivity contribution >= 4 is 47.0 Å². The average Bonchev–Trinajstić information content (AvgIpc) is 2.95. The van der Waals surface area contributed by atoms with E-state index >= 15 is 0 Å². The molecule has 4 aromatic rings. The van der Waals surface area contributed by atoms with Gasteiger partial charge in [0.1, 0.15) is 0 Å². The molecule has 0 aromatic heterocycles. The molecule has 0 aliphatic rings. The number of rotatable bonds is 5. The van der Waals surface area contributed by atoms with Crippen LogP contribution >= 0.6 is 12.4 Å². The summed E-state index contributed by atoms with van der Waals surface area (Å²) in [4.78, 5) is 34.2. The number of nitrogen functional groups attached to an aromatic ring is 1. The van der Waals surface area contributed by atoms with Gasteiger partial charge in [-0.15, -0.1) is 12.4 Å². The SMILES string of the molecule is Cc1ccc(NC(=O)c2cccc(C(F)(F)F)c2)cc1N.Cc1ccc(NC(=O)c2cccc(C(F)(F)F)c2)cc1[N+](=O)[O-].Cl. The Balaban J connectivity index is 0.000000308. The van der Waals surface area contributed by atoms with Gasteiger partial charge in [0.25, 0.3) is 17.5 Å². The van der Waals surface area contributed by atoms with Crippen LogP contribution in [0.1, 0.15) is 43.0 Å². The summed E-state index contributed by atoms with van der Waals surface area (Å²) < 4.78 is 75.7. The molecule has 0 radical (unpaired) electrons. The monoisotopic (exact) mass is 654 g/mol. The Morgan fingerprint density at radius 2 is 1.11 bits per heavy atom. The summed E-state index contributed by atoms with van der Waals surface area (Å²) in [6.45, 7) is 3.35. The van der Waals surface area contributed by atoms with E-state index in [0.717, 1.165) is 42.0 Å². The number of nitrogens with two attached hydrogens (primary N) is 1. The lowest BCUT2D eigenvalue weighted by Gasteiger charge is -2.10. The largest absolute Gasteiger partial charge is 0.416 e. The molecule has 0 spiro atoms. The number of alkyl halides is 6. The number of carbonyl (C=O) groups excluding carboxylic acids is 2. The number of hydrogen-bond donors (Lipinski definition) is 3. The standard InChI is InChI=1S/C15H11F3N2O3.C15H13F3N2O.ClH/c1-9-5-6-12(8-13(9)20(22)23)19-14(21)10-3-2-4-11(7-10)15(16,17)18;1-9-5-6-12(8-13(9)19)20-14(21)10-3-2-4-11(7-10)15(16,17)18;/h2-8H,1H3,(H,19,21);2-8H,19H2,1H3,(H,20,21);1H. The second-order valence-electron chi connectivity index (χ2n) is 9.40. The van der Waals surface area contributed by atoms with E-state index < -0.39 is 40.2 Å². The molecule has 8 nitrogen and oxygen atoms in total. The normalized spacial score (nSPS) is 10.9. The minimum atomic E-state index is -4.56. The van der Waals surface area contributed by atoms with Crippen molar-refractivity contribution in [3.8, 4) is 0 Å². The lowest BCUT2D eigenvalue weighted by molar-refractivity contribution is -0.385. The number of nitrogens with one attached hydrogen (secondary N) is 2. The molecule has 45 heavy (non-hydrogen) atoms. The number of nitro benzene ring substituents is 1. The molecule has 0 heterocycles. The first-order valence-corrected chi connectivity index (χ1v) is 12.5. The molecule has 0 saturated heterocycles. The highest BCUT2D eigenvalue weighted by atomic mass is 35.5. The van der Waals surface area contributed by atoms with E-state index in [0.29, 0.717) is 16.9 Å². The zero-order chi connectivity index (χ0) is 32.8. The molecule has 2 amide bonds. The van der Waals surface area contributed by atoms with E-state index in [1.807, 2.05) is 6.92 Å². The van der Waals surface area contributed by atoms with Crippen molar-refractivity contribution in [2.24, 2.45) is 0 Å². The summed E-state index contributed by atoms with van der Waals surface area (Å²) >= 11 is 0. The summed E-state index contributed by atoms with van der Waals surface area (Å²) in [5.74, 6) is -1.40. The minimum Gasteiger partial charge on any atom is -0.398 e. The van der Waals surface area contributed by atoms with Gasteiger partial charge in [-0.25, -0.2) is 0 Å². The lowest BCUT2D eigenvalue weighted by Crippen LogP contribution is -2.14. The van der Waals surface area contributed by atoms with Crippen LogP contribution in [0.3, 0.4) is 0 Å². The van der Waals surface area contributed by atoms with Crippen molar-refractivity contribution in [1.29, 1.82) is 0 Å². The van der Waals surface area contributed by atoms with Gasteiger partial charge in [-0.3, -0.25) is 19.7 Å². The molecule has 15 heteroatoms. The molecule has 0 saturated carbocycles. The number of amides is 2. The maximum atomic E-state index is 12.6. The van der Waals surface area contributed by atoms with Gasteiger partial charge >= 0.3 is 12.4 Å². The molecule has 0 fully saturated rings. The van der Waals surface area contributed by atoms with E-state index in [1.54, 1.807) is 18.2 Å². The van der Waals surface area contributed by atoms with E-state index in [-0.39, 0.29) is 34.9 Å². The van der Waals surface area contributed by atoms with Crippen molar-refractivity contribution in [1.82, 2.24) is 0 Å². The predicted molar refractivity (Wildman–Crippen MR) is 159 cm³/mol. The molecule has 0 aliphatic heterocycles. The van der Waals surface area contributed by atoms with E-state index in [1.165, 1.54) is 37.3 Å². The van der Waals surface area contributed by atoms with Gasteiger partial charge in [0.2, 0.25) is 0 Å². The van der Waals surface area contributed by atoms with Crippen LogP contribution in [-0.2, 0) is 12.4 Å². The fourth-order valence-electron chi connectivity index (χ4n) is 3.68. The van der Waals surface area contributed by atoms with Gasteiger partial charge in [-0.1, -0.05) is 24.3 Å². The Morgan fingerprint density at radius 3 is 1.51 bits per heavy atom. The molecule has 4 aromatic carbocycles. The van der Waals surface area contributed by atoms with Gasteiger partial charge in [-0.05, 0) is 74.0 Å². The Morgan fingerprint density at radius 1 is 0.689 bits per heavy atom. The predicted octanol–water partition coefficient (Wildman–Crippen LogP) is 8.44. The first-order chi connectivity index (χ1) is 20.5. The highest BCUT2D eigenvalue weighted by Gasteiger charge is 2.31. The Hall–Kier alpha value is -5.11. The quantitative estimate of drug-likeness (QED) is 0.0861. The van der Waals surface area contributed by atoms with Gasteiger partial charge in [0, 0.05) is 39.8 Å². The summed E-state index contributed by atoms with van der Waals surface area (Å²) in [5.41, 5.74) is 5.78. The molecule has 0 unspecified atom stereocenters. The second-order valence-corrected chi connectivity index (χ2v) is 9.40. The van der Waals surface area contributed by atoms with E-state index in [4.69, 9.17) is 5.73 Å². The maximum Gasteiger partial charge on any atom is 0.416 e. The molecule has 0 atom stereocenters. The number of nitro groups is 1. The van der Waals surface area contributed by atoms with Gasteiger partial charge in [0.15, 0.2) is 0 Å². The number of nitrogens with zero attached hydrogens (tertiary/aromatic N) is 1. The Bertz CT molecular complexity index is 1710. The zero-order valence-corrected chi connectivity index (χ0v) is 24.2. The third-order valence-corrected chi connectivity index (χ3v) is 6.10. The fourth-order valence-corrected chi connectivity index (χ4v) is 3.68. The van der Waals surface area contributed by atoms with Crippen LogP contribution in [0.5, 0.6) is 0 Å². The van der Waals surface area contributed by atoms with Gasteiger partial charge < -0.3 is 16.4 Å². The van der Waals surface area contributed by atoms with Crippen LogP contribution in [0, 0.1) is 24.0 Å². The zero-order valence-electron chi connectivity index (χ0n) is 23.4. The number of anilines is 3. The van der Waals surface area contributed by atoms with Crippen LogP contribution in [0.25, 0.3) is 0 Å². The first kappa shape index (κ1) is 36.1. The molecular formula is C30H25ClF6N4O4. The highest BCUT2D eigenvalue weighted by Crippen LogP contribution is 2.31. The summed E-state index contributed by atoms with van der Waals surface area (Å²) in [6, 6.07) is 17.1. The van der Waals surface area contributed by atoms with Crippen molar-refractivity contribution < 1.29 is 40.9 Å². The number of hydrogen-bond acceptors (Lipinski definition) is 5. The third kappa shape index (κ3) is 9.96. The lowest BCUT2D eigenvalue weighted by atomic mass is 10.1. The van der Waals surface area contributed by atoms with Crippen LogP contribution in [0.2, 0.25) is 0 Å². The van der Waals surface area contributed by atoms with E-state index in [9.17, 15) is 46.0 Å². The van der Waals surface area contributed by atoms with Gasteiger partial charge in [-0.2, -0.15) is 26.3 Å². The van der Waals surface area contributed by atoms with Crippen LogP contribution in [-0.4, -0.2) is 16.7 Å². The fraction of sp³-hybridized carbons (Fsp3) is 0.133. The van der Waals surface area contributed by atoms with Crippen molar-refractivity contribution in [3.63, 3.8) is 0 Å². The molecule has 238 valence electrons. The Labute approximate surface area is 258 Å². The Kier molecular flexibility index (Phi) is 11.7. The molecule has 4 N–H and O–H groups in total. The molecule has 0 bridgehead atoms. The minimum absolute atomic E-state index is 0. The highest BCUT2D eigenvalue weighted by molar-refractivity contribution is 6.05. The van der Waals surface area contributed by atoms with Crippen molar-refractivity contribution in [2.45, 2.75) is 26.2 Å². The van der Waals surface area contributed by atoms with Crippen LogP contribution < -0.4 is 16.4 Å². The van der Waals surface area contributed by atoms with Crippen LogP contribution in [0.15, 0.2) is 84.9 Å². The smallest absolute Gasteiger partial charge is 0.398 e. The van der Waals surface area contributed by atoms with Crippen molar-refractivity contribution in [2.75, 3.05) is 16.4 Å². The summed E-state index contributed by atoms with van der Waals surface area (Å²) in [5, 5.41) is 15.7. The summed E-state index contributed by atoms with van der Waals surface area (Å²) in [6.07, 6.45) is -9.04. The number of halogens is 7. The average molecular weight is 655 g/mol. The van der Waals surface area contributed by atoms with Crippen LogP contribution in [0.4, 0.5) is 49.1 Å². The number of carbonyl (C=O) groups is 2. The summed E-state index contributed by atoms with van der Waals surface area (Å²) in [7, 11) is 0. The third-order valence-electron chi connectivity index (χ3n) is 6.10. The number of benzene rings is 4. The molecule has 0 aliphatic carbocycles. The van der Waals surface area contributed by atoms with Gasteiger partial charge in [0.05, 0.1) is 16.1 Å². The molecule has 4 rings (SSSR count).